The van der Waals surface area contributed by atoms with Crippen LogP contribution in [0.25, 0.3) is 0 Å². The Morgan fingerprint density at radius 1 is 0.391 bits per heavy atom. The molecule has 0 aromatic heterocycles. The van der Waals surface area contributed by atoms with E-state index in [4.69, 9.17) is 0 Å². The Hall–Kier alpha value is -5.09. The maximum atomic E-state index is 14.0. The lowest BCUT2D eigenvalue weighted by atomic mass is 10.1. The van der Waals surface area contributed by atoms with E-state index < -0.39 is 96.2 Å². The van der Waals surface area contributed by atoms with Gasteiger partial charge in [0.1, 0.15) is 0 Å². The van der Waals surface area contributed by atoms with Crippen LogP contribution in [0.5, 0.6) is 0 Å². The van der Waals surface area contributed by atoms with E-state index in [-0.39, 0.29) is 104 Å². The van der Waals surface area contributed by atoms with Crippen molar-refractivity contribution >= 4 is 36.2 Å². The summed E-state index contributed by atoms with van der Waals surface area (Å²) in [5, 5.41) is 0. The summed E-state index contributed by atoms with van der Waals surface area (Å²) in [5.41, 5.74) is 1.53. The van der Waals surface area contributed by atoms with Gasteiger partial charge in [0.25, 0.3) is 0 Å². The van der Waals surface area contributed by atoms with E-state index in [1.54, 1.807) is 29.2 Å². The van der Waals surface area contributed by atoms with E-state index in [0.717, 1.165) is 20.9 Å². The standard InChI is InChI=1S/C37H51F9N8O6.3CH2F2/c1-28(55)49-12-4-14-51(32(57)37(44,45)46)23-24-53(34(39)59)15-3-11-47(18-20-49)26-29-6-8-30(9-7-29)27-48-10-2-13-50(31(56)36(41,42)43)22-25-54(35(40)60)17-5-16-52(21-19-48)33(38)58;3*2-1-3/h6-9H,2-5,10-27H2,1H3;3*1H2. The minimum atomic E-state index is -5.21. The molecule has 0 atom stereocenters. The fraction of sp³-hybridized carbons (Fsp3) is 0.700. The van der Waals surface area contributed by atoms with Crippen LogP contribution in [0.1, 0.15) is 43.7 Å². The quantitative estimate of drug-likeness (QED) is 0.174. The van der Waals surface area contributed by atoms with Crippen molar-refractivity contribution in [2.24, 2.45) is 0 Å². The van der Waals surface area contributed by atoms with Crippen LogP contribution >= 0.6 is 0 Å². The van der Waals surface area contributed by atoms with Crippen molar-refractivity contribution in [3.8, 4) is 0 Å². The highest BCUT2D eigenvalue weighted by molar-refractivity contribution is 5.82. The zero-order valence-corrected chi connectivity index (χ0v) is 37.7. The van der Waals surface area contributed by atoms with Crippen LogP contribution in [0, 0.1) is 0 Å². The van der Waals surface area contributed by atoms with Crippen molar-refractivity contribution < 1.29 is 94.6 Å². The highest BCUT2D eigenvalue weighted by Gasteiger charge is 2.43. The summed E-state index contributed by atoms with van der Waals surface area (Å²) in [7, 11) is 0. The van der Waals surface area contributed by atoms with Crippen LogP contribution < -0.4 is 0 Å². The number of alkyl halides is 12. The SMILES string of the molecule is CC(=O)N1CCCN(C(=O)C(F)(F)F)CCN(C(=O)F)CCCN(Cc2ccc(CN3CCCN(C(=O)C(F)(F)F)CCN(C(=O)F)CCCN(C(=O)F)CC3)cc2)CC1.FCF.FCF.FCF. The molecule has 0 unspecified atom stereocenters. The summed E-state index contributed by atoms with van der Waals surface area (Å²) in [5.74, 6) is -4.60. The first-order valence-corrected chi connectivity index (χ1v) is 21.1. The molecule has 1 aromatic rings. The van der Waals surface area contributed by atoms with Crippen LogP contribution in [0.3, 0.4) is 0 Å². The number of amides is 6. The van der Waals surface area contributed by atoms with Crippen molar-refractivity contribution in [2.75, 3.05) is 126 Å². The number of halogens is 15. The Labute approximate surface area is 388 Å². The van der Waals surface area contributed by atoms with E-state index in [0.29, 0.717) is 27.8 Å². The molecule has 29 heteroatoms. The Morgan fingerprint density at radius 3 is 0.899 bits per heavy atom. The van der Waals surface area contributed by atoms with Gasteiger partial charge >= 0.3 is 42.6 Å². The van der Waals surface area contributed by atoms with Gasteiger partial charge in [-0.05, 0) is 36.8 Å². The molecule has 398 valence electrons. The smallest absolute Gasteiger partial charge is 0.342 e. The second kappa shape index (κ2) is 34.2. The van der Waals surface area contributed by atoms with E-state index in [9.17, 15) is 94.6 Å². The summed E-state index contributed by atoms with van der Waals surface area (Å²) in [6, 6.07) is 7.17. The highest BCUT2D eigenvalue weighted by Crippen LogP contribution is 2.21. The molecule has 0 aliphatic carbocycles. The van der Waals surface area contributed by atoms with E-state index in [1.165, 1.54) is 11.8 Å². The lowest BCUT2D eigenvalue weighted by molar-refractivity contribution is -0.185. The van der Waals surface area contributed by atoms with Crippen LogP contribution in [0.15, 0.2) is 24.3 Å². The molecule has 2 heterocycles. The molecule has 2 aliphatic heterocycles. The third-order valence-electron chi connectivity index (χ3n) is 10.3. The molecule has 1 aromatic carbocycles. The maximum Gasteiger partial charge on any atom is 0.471 e. The first kappa shape index (κ1) is 63.9. The summed E-state index contributed by atoms with van der Waals surface area (Å²) >= 11 is 0. The summed E-state index contributed by atoms with van der Waals surface area (Å²) in [6.45, 7) is -6.21. The van der Waals surface area contributed by atoms with Crippen molar-refractivity contribution in [3.63, 3.8) is 0 Å². The van der Waals surface area contributed by atoms with Gasteiger partial charge in [-0.3, -0.25) is 24.2 Å². The second-order valence-corrected chi connectivity index (χ2v) is 14.9. The lowest BCUT2D eigenvalue weighted by Gasteiger charge is -2.31. The minimum absolute atomic E-state index is 0.00310. The maximum absolute atomic E-state index is 14.0. The van der Waals surface area contributed by atoms with Crippen LogP contribution in [0.2, 0.25) is 0 Å². The molecular formula is C40H57F15N8O6. The normalized spacial score (nSPS) is 17.3. The Balaban J connectivity index is 0.00000475. The van der Waals surface area contributed by atoms with Gasteiger partial charge in [-0.1, -0.05) is 24.3 Å². The summed E-state index contributed by atoms with van der Waals surface area (Å²) in [6.07, 6.45) is -15.8. The van der Waals surface area contributed by atoms with Gasteiger partial charge in [-0.15, -0.1) is 13.2 Å². The molecule has 14 nitrogen and oxygen atoms in total. The predicted octanol–water partition coefficient (Wildman–Crippen LogP) is 7.33. The molecule has 2 fully saturated rings. The zero-order chi connectivity index (χ0) is 52.7. The van der Waals surface area contributed by atoms with Crippen molar-refractivity contribution in [3.05, 3.63) is 35.4 Å². The number of hydrogen-bond donors (Lipinski definition) is 0. The number of benzene rings is 1. The van der Waals surface area contributed by atoms with Gasteiger partial charge in [0, 0.05) is 125 Å². The first-order chi connectivity index (χ1) is 32.4. The van der Waals surface area contributed by atoms with E-state index in [1.807, 2.05) is 4.90 Å². The van der Waals surface area contributed by atoms with E-state index >= 15 is 0 Å². The van der Waals surface area contributed by atoms with Gasteiger partial charge in [-0.25, -0.2) is 40.7 Å². The van der Waals surface area contributed by atoms with Crippen LogP contribution in [0.4, 0.5) is 80.2 Å². The molecule has 0 spiro atoms. The van der Waals surface area contributed by atoms with Crippen molar-refractivity contribution in [1.29, 1.82) is 0 Å². The van der Waals surface area contributed by atoms with Crippen molar-refractivity contribution in [1.82, 2.24) is 39.2 Å². The average molecular weight is 1030 g/mol. The fourth-order valence-corrected chi connectivity index (χ4v) is 6.97. The first-order valence-electron chi connectivity index (χ1n) is 21.1. The molecule has 0 N–H and O–H groups in total. The predicted molar refractivity (Wildman–Crippen MR) is 218 cm³/mol. The lowest BCUT2D eigenvalue weighted by Crippen LogP contribution is -2.47. The average Bonchev–Trinajstić information content (AvgIpc) is 3.25. The van der Waals surface area contributed by atoms with Gasteiger partial charge in [0.2, 0.25) is 26.7 Å². The number of nitrogens with zero attached hydrogens (tertiary/aromatic N) is 8. The molecule has 6 amide bonds. The molecule has 69 heavy (non-hydrogen) atoms. The molecule has 3 rings (SSSR count). The molecule has 0 bridgehead atoms. The number of carbonyl (C=O) groups excluding carboxylic acids is 6. The third kappa shape index (κ3) is 27.0. The largest absolute Gasteiger partial charge is 0.471 e. The monoisotopic (exact) mass is 1030 g/mol. The molecule has 0 saturated carbocycles. The number of rotatable bonds is 4. The minimum Gasteiger partial charge on any atom is -0.342 e. The Kier molecular flexibility index (Phi) is 31.7. The van der Waals surface area contributed by atoms with Crippen LogP contribution in [-0.4, -0.2) is 213 Å². The molecule has 2 saturated heterocycles. The van der Waals surface area contributed by atoms with Crippen LogP contribution in [-0.2, 0) is 27.5 Å². The van der Waals surface area contributed by atoms with Gasteiger partial charge in [-0.2, -0.15) is 26.3 Å². The van der Waals surface area contributed by atoms with Gasteiger partial charge < -0.3 is 29.4 Å². The zero-order valence-electron chi connectivity index (χ0n) is 37.7. The number of carbonyl (C=O) groups is 6. The second-order valence-electron chi connectivity index (χ2n) is 14.9. The fourth-order valence-electron chi connectivity index (χ4n) is 6.97. The molecule has 0 radical (unpaired) electrons. The Morgan fingerprint density at radius 2 is 0.623 bits per heavy atom. The molecule has 2 aliphatic rings. The third-order valence-corrected chi connectivity index (χ3v) is 10.3. The topological polar surface area (TPSA) is 128 Å². The Bertz CT molecular complexity index is 1670. The van der Waals surface area contributed by atoms with Gasteiger partial charge in [0.15, 0.2) is 0 Å². The summed E-state index contributed by atoms with van der Waals surface area (Å²) < 4.78 is 179. The number of hydrogen-bond acceptors (Lipinski definition) is 8. The summed E-state index contributed by atoms with van der Waals surface area (Å²) in [4.78, 5) is 80.0. The molecular weight excluding hydrogens is 973 g/mol. The van der Waals surface area contributed by atoms with E-state index in [2.05, 4.69) is 0 Å². The van der Waals surface area contributed by atoms with Crippen molar-refractivity contribution in [2.45, 2.75) is 58.0 Å². The van der Waals surface area contributed by atoms with Gasteiger partial charge in [0.05, 0.1) is 0 Å². The highest BCUT2D eigenvalue weighted by atomic mass is 19.4.